The molecule has 2 N–H and O–H groups in total. The molecule has 2 heterocycles. The topological polar surface area (TPSA) is 24.1 Å². The molecule has 0 aliphatic carbocycles. The van der Waals surface area contributed by atoms with Crippen LogP contribution in [-0.4, -0.2) is 25.7 Å². The first-order valence-corrected chi connectivity index (χ1v) is 4.91. The van der Waals surface area contributed by atoms with Crippen LogP contribution < -0.4 is 10.6 Å². The molecule has 2 atom stereocenters. The van der Waals surface area contributed by atoms with Crippen LogP contribution in [0.25, 0.3) is 0 Å². The Balaban J connectivity index is 0.000000281. The maximum absolute atomic E-state index is 3.52. The Bertz CT molecular complexity index is 91.7. The fraction of sp³-hybridized carbons (Fsp3) is 1.00. The standard InChI is InChI=1S/C7H14N2.C2H6/c1-2-6-4-8-5-7(6)9-3-1;1-2/h6-9H,1-5H2;1-2H3. The summed E-state index contributed by atoms with van der Waals surface area (Å²) in [4.78, 5) is 0. The van der Waals surface area contributed by atoms with Crippen molar-refractivity contribution in [3.8, 4) is 0 Å². The van der Waals surface area contributed by atoms with Gasteiger partial charge >= 0.3 is 0 Å². The third-order valence-electron chi connectivity index (χ3n) is 2.50. The number of hydrogen-bond donors (Lipinski definition) is 2. The monoisotopic (exact) mass is 156 g/mol. The molecular formula is C9H20N2. The second-order valence-corrected chi connectivity index (χ2v) is 3.12. The predicted octanol–water partition coefficient (Wildman–Crippen LogP) is 0.984. The second-order valence-electron chi connectivity index (χ2n) is 3.12. The van der Waals surface area contributed by atoms with E-state index in [1.54, 1.807) is 0 Å². The average Bonchev–Trinajstić information content (AvgIpc) is 2.55. The van der Waals surface area contributed by atoms with Crippen molar-refractivity contribution >= 4 is 0 Å². The van der Waals surface area contributed by atoms with Gasteiger partial charge in [-0.05, 0) is 31.8 Å². The van der Waals surface area contributed by atoms with Crippen molar-refractivity contribution in [3.63, 3.8) is 0 Å². The van der Waals surface area contributed by atoms with Crippen LogP contribution in [0.1, 0.15) is 26.7 Å². The zero-order valence-corrected chi connectivity index (χ0v) is 7.69. The first kappa shape index (κ1) is 9.01. The summed E-state index contributed by atoms with van der Waals surface area (Å²) in [6, 6.07) is 0.804. The molecule has 0 saturated carbocycles. The summed E-state index contributed by atoms with van der Waals surface area (Å²) >= 11 is 0. The van der Waals surface area contributed by atoms with Gasteiger partial charge in [-0.25, -0.2) is 0 Å². The lowest BCUT2D eigenvalue weighted by Crippen LogP contribution is -2.40. The molecule has 0 aromatic heterocycles. The first-order chi connectivity index (χ1) is 5.47. The summed E-state index contributed by atoms with van der Waals surface area (Å²) in [7, 11) is 0. The smallest absolute Gasteiger partial charge is 0.0232 e. The number of fused-ring (bicyclic) bond motifs is 1. The number of rotatable bonds is 0. The molecule has 0 spiro atoms. The zero-order valence-electron chi connectivity index (χ0n) is 7.69. The summed E-state index contributed by atoms with van der Waals surface area (Å²) in [6.45, 7) is 7.69. The van der Waals surface area contributed by atoms with Gasteiger partial charge in [0, 0.05) is 12.6 Å². The van der Waals surface area contributed by atoms with Crippen molar-refractivity contribution in [2.24, 2.45) is 5.92 Å². The highest BCUT2D eigenvalue weighted by atomic mass is 15.0. The molecule has 2 aliphatic rings. The molecule has 0 bridgehead atoms. The molecular weight excluding hydrogens is 136 g/mol. The molecule has 2 heteroatoms. The van der Waals surface area contributed by atoms with Crippen LogP contribution in [0.5, 0.6) is 0 Å². The van der Waals surface area contributed by atoms with E-state index in [1.165, 1.54) is 32.5 Å². The summed E-state index contributed by atoms with van der Waals surface area (Å²) in [5.74, 6) is 0.943. The molecule has 0 aromatic carbocycles. The Morgan fingerprint density at radius 2 is 2.00 bits per heavy atom. The van der Waals surface area contributed by atoms with Crippen molar-refractivity contribution in [1.29, 1.82) is 0 Å². The minimum absolute atomic E-state index is 0.804. The number of nitrogens with one attached hydrogen (secondary N) is 2. The molecule has 0 aromatic rings. The lowest BCUT2D eigenvalue weighted by Gasteiger charge is -2.24. The van der Waals surface area contributed by atoms with E-state index in [2.05, 4.69) is 10.6 Å². The van der Waals surface area contributed by atoms with E-state index in [9.17, 15) is 0 Å². The highest BCUT2D eigenvalue weighted by molar-refractivity contribution is 4.89. The van der Waals surface area contributed by atoms with Crippen LogP contribution in [0.4, 0.5) is 0 Å². The van der Waals surface area contributed by atoms with Gasteiger partial charge in [0.1, 0.15) is 0 Å². The Kier molecular flexibility index (Phi) is 3.87. The van der Waals surface area contributed by atoms with Gasteiger partial charge in [0.15, 0.2) is 0 Å². The van der Waals surface area contributed by atoms with E-state index in [0.29, 0.717) is 0 Å². The summed E-state index contributed by atoms with van der Waals surface area (Å²) in [5, 5.41) is 6.92. The molecule has 2 saturated heterocycles. The quantitative estimate of drug-likeness (QED) is 0.546. The minimum Gasteiger partial charge on any atom is -0.315 e. The van der Waals surface area contributed by atoms with E-state index < -0.39 is 0 Å². The highest BCUT2D eigenvalue weighted by Gasteiger charge is 2.28. The zero-order chi connectivity index (χ0) is 8.10. The molecule has 2 nitrogen and oxygen atoms in total. The largest absolute Gasteiger partial charge is 0.315 e. The highest BCUT2D eigenvalue weighted by Crippen LogP contribution is 2.18. The first-order valence-electron chi connectivity index (χ1n) is 4.91. The Hall–Kier alpha value is -0.0800. The van der Waals surface area contributed by atoms with Crippen LogP contribution >= 0.6 is 0 Å². The van der Waals surface area contributed by atoms with Gasteiger partial charge in [-0.3, -0.25) is 0 Å². The molecule has 2 rings (SSSR count). The van der Waals surface area contributed by atoms with Gasteiger partial charge in [0.05, 0.1) is 0 Å². The fourth-order valence-corrected chi connectivity index (χ4v) is 1.93. The van der Waals surface area contributed by atoms with Gasteiger partial charge in [-0.2, -0.15) is 0 Å². The minimum atomic E-state index is 0.804. The molecule has 0 radical (unpaired) electrons. The fourth-order valence-electron chi connectivity index (χ4n) is 1.93. The maximum Gasteiger partial charge on any atom is 0.0232 e. The third kappa shape index (κ3) is 2.17. The summed E-state index contributed by atoms with van der Waals surface area (Å²) < 4.78 is 0. The van der Waals surface area contributed by atoms with Crippen LogP contribution in [0.3, 0.4) is 0 Å². The summed E-state index contributed by atoms with van der Waals surface area (Å²) in [6.07, 6.45) is 2.81. The van der Waals surface area contributed by atoms with E-state index >= 15 is 0 Å². The van der Waals surface area contributed by atoms with Gasteiger partial charge in [0.25, 0.3) is 0 Å². The Morgan fingerprint density at radius 1 is 1.18 bits per heavy atom. The van der Waals surface area contributed by atoms with Gasteiger partial charge in [0.2, 0.25) is 0 Å². The molecule has 66 valence electrons. The predicted molar refractivity (Wildman–Crippen MR) is 48.7 cm³/mol. The summed E-state index contributed by atoms with van der Waals surface area (Å²) in [5.41, 5.74) is 0. The molecule has 2 fully saturated rings. The van der Waals surface area contributed by atoms with Gasteiger partial charge < -0.3 is 10.6 Å². The molecule has 0 amide bonds. The lowest BCUT2D eigenvalue weighted by atomic mass is 9.94. The average molecular weight is 156 g/mol. The van der Waals surface area contributed by atoms with Gasteiger partial charge in [-0.1, -0.05) is 13.8 Å². The molecule has 2 aliphatic heterocycles. The number of hydrogen-bond acceptors (Lipinski definition) is 2. The van der Waals surface area contributed by atoms with Crippen molar-refractivity contribution in [2.75, 3.05) is 19.6 Å². The van der Waals surface area contributed by atoms with E-state index in [-0.39, 0.29) is 0 Å². The Labute approximate surface area is 69.8 Å². The maximum atomic E-state index is 3.52. The normalized spacial score (nSPS) is 35.5. The molecule has 2 unspecified atom stereocenters. The lowest BCUT2D eigenvalue weighted by molar-refractivity contribution is 0.339. The van der Waals surface area contributed by atoms with E-state index in [4.69, 9.17) is 0 Å². The Morgan fingerprint density at radius 3 is 2.73 bits per heavy atom. The van der Waals surface area contributed by atoms with Crippen LogP contribution in [0.15, 0.2) is 0 Å². The second kappa shape index (κ2) is 4.73. The van der Waals surface area contributed by atoms with Crippen LogP contribution in [-0.2, 0) is 0 Å². The van der Waals surface area contributed by atoms with Gasteiger partial charge in [-0.15, -0.1) is 0 Å². The van der Waals surface area contributed by atoms with E-state index in [1.807, 2.05) is 13.8 Å². The van der Waals surface area contributed by atoms with Crippen LogP contribution in [0.2, 0.25) is 0 Å². The van der Waals surface area contributed by atoms with E-state index in [0.717, 1.165) is 12.0 Å². The van der Waals surface area contributed by atoms with Crippen molar-refractivity contribution in [1.82, 2.24) is 10.6 Å². The van der Waals surface area contributed by atoms with Crippen molar-refractivity contribution in [2.45, 2.75) is 32.7 Å². The molecule has 11 heavy (non-hydrogen) atoms. The van der Waals surface area contributed by atoms with Crippen molar-refractivity contribution in [3.05, 3.63) is 0 Å². The van der Waals surface area contributed by atoms with Crippen molar-refractivity contribution < 1.29 is 0 Å². The number of piperidine rings is 1. The third-order valence-corrected chi connectivity index (χ3v) is 2.50. The SMILES string of the molecule is C1CNC2CNCC2C1.CC. The van der Waals surface area contributed by atoms with Crippen LogP contribution in [0, 0.1) is 5.92 Å².